The molecule has 0 heterocycles. The lowest BCUT2D eigenvalue weighted by Gasteiger charge is -2.15. The van der Waals surface area contributed by atoms with Crippen molar-refractivity contribution >= 4 is 23.2 Å². The minimum Gasteiger partial charge on any atom is -0.496 e. The molecule has 3 aromatic carbocycles. The molecule has 0 aliphatic rings. The lowest BCUT2D eigenvalue weighted by Crippen LogP contribution is -2.14. The van der Waals surface area contributed by atoms with Crippen LogP contribution in [0.25, 0.3) is 0 Å². The number of carbonyl (C=O) groups is 1. The molecule has 0 atom stereocenters. The predicted octanol–water partition coefficient (Wildman–Crippen LogP) is 7.12. The van der Waals surface area contributed by atoms with Crippen LogP contribution >= 0.6 is 11.6 Å². The maximum atomic E-state index is 13.0. The van der Waals surface area contributed by atoms with E-state index < -0.39 is 17.6 Å². The Balaban J connectivity index is 1.84. The van der Waals surface area contributed by atoms with Crippen molar-refractivity contribution in [3.05, 3.63) is 86.9 Å². The highest BCUT2D eigenvalue weighted by Gasteiger charge is 2.31. The summed E-state index contributed by atoms with van der Waals surface area (Å²) in [5.41, 5.74) is 2.96. The number of carbonyl (C=O) groups excluding carboxylic acids is 1. The number of rotatable bonds is 6. The van der Waals surface area contributed by atoms with E-state index in [1.165, 1.54) is 13.2 Å². The Morgan fingerprint density at radius 2 is 1.73 bits per heavy atom. The quantitative estimate of drug-likeness (QED) is 0.411. The third-order valence-electron chi connectivity index (χ3n) is 5.23. The fourth-order valence-electron chi connectivity index (χ4n) is 3.33. The second kappa shape index (κ2) is 9.75. The molecule has 0 saturated carbocycles. The molecule has 0 aromatic heterocycles. The molecule has 0 saturated heterocycles. The van der Waals surface area contributed by atoms with Crippen LogP contribution in [-0.2, 0) is 12.8 Å². The molecule has 0 radical (unpaired) electrons. The number of anilines is 1. The second-order valence-electron chi connectivity index (χ2n) is 7.67. The number of benzene rings is 3. The summed E-state index contributed by atoms with van der Waals surface area (Å²) in [4.78, 5) is 12.8. The van der Waals surface area contributed by atoms with Crippen LogP contribution in [0.5, 0.6) is 11.5 Å². The van der Waals surface area contributed by atoms with Gasteiger partial charge in [0.1, 0.15) is 18.1 Å². The van der Waals surface area contributed by atoms with Gasteiger partial charge < -0.3 is 14.8 Å². The lowest BCUT2D eigenvalue weighted by molar-refractivity contribution is -0.137. The van der Waals surface area contributed by atoms with Crippen LogP contribution in [0.4, 0.5) is 18.9 Å². The van der Waals surface area contributed by atoms with Gasteiger partial charge in [0, 0.05) is 11.1 Å². The maximum Gasteiger partial charge on any atom is 0.416 e. The summed E-state index contributed by atoms with van der Waals surface area (Å²) in [6, 6.07) is 11.4. The van der Waals surface area contributed by atoms with Crippen molar-refractivity contribution < 1.29 is 27.4 Å². The zero-order valence-electron chi connectivity index (χ0n) is 18.6. The van der Waals surface area contributed by atoms with Gasteiger partial charge >= 0.3 is 6.18 Å². The average molecular weight is 478 g/mol. The van der Waals surface area contributed by atoms with Gasteiger partial charge in [0.25, 0.3) is 5.91 Å². The van der Waals surface area contributed by atoms with Crippen LogP contribution < -0.4 is 14.8 Å². The number of alkyl halides is 3. The van der Waals surface area contributed by atoms with Crippen LogP contribution in [0.15, 0.2) is 48.5 Å². The average Bonchev–Trinajstić information content (AvgIpc) is 2.75. The molecule has 174 valence electrons. The molecule has 1 amide bonds. The molecule has 0 unspecified atom stereocenters. The highest BCUT2D eigenvalue weighted by atomic mass is 35.5. The normalized spacial score (nSPS) is 11.3. The van der Waals surface area contributed by atoms with Crippen molar-refractivity contribution in [2.45, 2.75) is 33.6 Å². The van der Waals surface area contributed by atoms with Crippen LogP contribution in [0.3, 0.4) is 0 Å². The van der Waals surface area contributed by atoms with Crippen molar-refractivity contribution in [3.8, 4) is 11.5 Å². The third kappa shape index (κ3) is 5.79. The van der Waals surface area contributed by atoms with Gasteiger partial charge in [-0.1, -0.05) is 17.7 Å². The van der Waals surface area contributed by atoms with Crippen molar-refractivity contribution in [2.24, 2.45) is 0 Å². The molecular formula is C25H23ClF3NO3. The van der Waals surface area contributed by atoms with E-state index >= 15 is 0 Å². The molecule has 0 spiro atoms. The Bertz CT molecular complexity index is 1190. The Hall–Kier alpha value is -3.19. The highest BCUT2D eigenvalue weighted by Crippen LogP contribution is 2.34. The number of amides is 1. The van der Waals surface area contributed by atoms with Gasteiger partial charge in [0.2, 0.25) is 0 Å². The van der Waals surface area contributed by atoms with E-state index in [1.807, 2.05) is 26.8 Å². The van der Waals surface area contributed by atoms with Crippen molar-refractivity contribution in [3.63, 3.8) is 0 Å². The number of hydrogen-bond acceptors (Lipinski definition) is 3. The van der Waals surface area contributed by atoms with E-state index in [2.05, 4.69) is 11.4 Å². The van der Waals surface area contributed by atoms with Gasteiger partial charge in [-0.25, -0.2) is 0 Å². The highest BCUT2D eigenvalue weighted by molar-refractivity contribution is 6.34. The van der Waals surface area contributed by atoms with Crippen LogP contribution in [0.2, 0.25) is 5.02 Å². The molecule has 1 N–H and O–H groups in total. The Morgan fingerprint density at radius 1 is 1.00 bits per heavy atom. The molecular weight excluding hydrogens is 455 g/mol. The molecule has 4 nitrogen and oxygen atoms in total. The standard InChI is InChI=1S/C25H23ClF3NO3/c1-14-9-15(2)16(3)23(10-14)33-13-18-11-17(5-8-22(18)32-4)24(31)30-21-12-19(25(27,28)29)6-7-20(21)26/h5-12H,13H2,1-4H3,(H,30,31). The number of methoxy groups -OCH3 is 1. The smallest absolute Gasteiger partial charge is 0.416 e. The summed E-state index contributed by atoms with van der Waals surface area (Å²) in [6.45, 7) is 6.08. The monoisotopic (exact) mass is 477 g/mol. The van der Waals surface area contributed by atoms with Gasteiger partial charge in [-0.15, -0.1) is 0 Å². The first-order chi connectivity index (χ1) is 15.5. The molecule has 3 aromatic rings. The number of halogens is 4. The molecule has 33 heavy (non-hydrogen) atoms. The van der Waals surface area contributed by atoms with E-state index in [0.717, 1.165) is 40.6 Å². The largest absolute Gasteiger partial charge is 0.496 e. The lowest BCUT2D eigenvalue weighted by atomic mass is 10.1. The Labute approximate surface area is 195 Å². The number of nitrogens with one attached hydrogen (secondary N) is 1. The minimum absolute atomic E-state index is 0.00119. The fraction of sp³-hybridized carbons (Fsp3) is 0.240. The van der Waals surface area contributed by atoms with Crippen LogP contribution in [0.1, 0.15) is 38.2 Å². The van der Waals surface area contributed by atoms with Gasteiger partial charge in [-0.05, 0) is 79.9 Å². The minimum atomic E-state index is -4.55. The van der Waals surface area contributed by atoms with Crippen molar-refractivity contribution in [1.82, 2.24) is 0 Å². The first-order valence-corrected chi connectivity index (χ1v) is 10.4. The molecule has 0 aliphatic carbocycles. The molecule has 3 rings (SSSR count). The topological polar surface area (TPSA) is 47.6 Å². The van der Waals surface area contributed by atoms with Crippen molar-refractivity contribution in [2.75, 3.05) is 12.4 Å². The summed E-state index contributed by atoms with van der Waals surface area (Å²) in [6.07, 6.45) is -4.55. The second-order valence-corrected chi connectivity index (χ2v) is 8.07. The molecule has 0 aliphatic heterocycles. The zero-order valence-corrected chi connectivity index (χ0v) is 19.3. The van der Waals surface area contributed by atoms with E-state index in [-0.39, 0.29) is 22.9 Å². The summed E-state index contributed by atoms with van der Waals surface area (Å²) in [5.74, 6) is 0.633. The van der Waals surface area contributed by atoms with Gasteiger partial charge in [0.15, 0.2) is 0 Å². The number of aryl methyl sites for hydroxylation is 2. The van der Waals surface area contributed by atoms with E-state index in [1.54, 1.807) is 12.1 Å². The molecule has 8 heteroatoms. The first-order valence-electron chi connectivity index (χ1n) is 10.0. The Morgan fingerprint density at radius 3 is 2.39 bits per heavy atom. The van der Waals surface area contributed by atoms with Gasteiger partial charge in [-0.2, -0.15) is 13.2 Å². The zero-order chi connectivity index (χ0) is 24.3. The SMILES string of the molecule is COc1ccc(C(=O)Nc2cc(C(F)(F)F)ccc2Cl)cc1COc1cc(C)cc(C)c1C. The number of hydrogen-bond donors (Lipinski definition) is 1. The molecule has 0 bridgehead atoms. The van der Waals surface area contributed by atoms with Gasteiger partial charge in [-0.3, -0.25) is 4.79 Å². The van der Waals surface area contributed by atoms with E-state index in [9.17, 15) is 18.0 Å². The summed E-state index contributed by atoms with van der Waals surface area (Å²) in [7, 11) is 1.50. The number of ether oxygens (including phenoxy) is 2. The van der Waals surface area contributed by atoms with Gasteiger partial charge in [0.05, 0.1) is 23.4 Å². The molecule has 0 fully saturated rings. The summed E-state index contributed by atoms with van der Waals surface area (Å²) >= 11 is 5.99. The van der Waals surface area contributed by atoms with E-state index in [4.69, 9.17) is 21.1 Å². The third-order valence-corrected chi connectivity index (χ3v) is 5.56. The fourth-order valence-corrected chi connectivity index (χ4v) is 3.50. The Kier molecular flexibility index (Phi) is 7.22. The van der Waals surface area contributed by atoms with Crippen molar-refractivity contribution in [1.29, 1.82) is 0 Å². The summed E-state index contributed by atoms with van der Waals surface area (Å²) < 4.78 is 50.4. The van der Waals surface area contributed by atoms with Crippen LogP contribution in [-0.4, -0.2) is 13.0 Å². The first kappa shape index (κ1) is 24.5. The summed E-state index contributed by atoms with van der Waals surface area (Å²) in [5, 5.41) is 2.45. The van der Waals surface area contributed by atoms with E-state index in [0.29, 0.717) is 11.3 Å². The van der Waals surface area contributed by atoms with Crippen LogP contribution in [0, 0.1) is 20.8 Å². The predicted molar refractivity (Wildman–Crippen MR) is 122 cm³/mol. The maximum absolute atomic E-state index is 13.0.